The molecule has 6 nitrogen and oxygen atoms in total. The Labute approximate surface area is 172 Å². The normalized spacial score (nSPS) is 10.9. The summed E-state index contributed by atoms with van der Waals surface area (Å²) in [6.07, 6.45) is 0.126. The van der Waals surface area contributed by atoms with Crippen LogP contribution in [-0.4, -0.2) is 24.3 Å². The van der Waals surface area contributed by atoms with E-state index in [4.69, 9.17) is 0 Å². The third-order valence-electron chi connectivity index (χ3n) is 4.34. The number of rotatable bonds is 7. The highest BCUT2D eigenvalue weighted by Gasteiger charge is 2.20. The predicted octanol–water partition coefficient (Wildman–Crippen LogP) is 3.42. The molecule has 0 atom stereocenters. The topological polar surface area (TPSA) is 87.3 Å². The van der Waals surface area contributed by atoms with E-state index in [1.54, 1.807) is 24.3 Å². The highest BCUT2D eigenvalue weighted by atomic mass is 16.2. The Bertz CT molecular complexity index is 868. The molecule has 0 fully saturated rings. The van der Waals surface area contributed by atoms with Gasteiger partial charge in [0.15, 0.2) is 0 Å². The Morgan fingerprint density at radius 3 is 2.21 bits per heavy atom. The number of para-hydroxylation sites is 1. The summed E-state index contributed by atoms with van der Waals surface area (Å²) in [5, 5.41) is 8.37. The monoisotopic (exact) mass is 395 g/mol. The van der Waals surface area contributed by atoms with Crippen molar-refractivity contribution in [3.8, 4) is 0 Å². The molecule has 3 N–H and O–H groups in total. The van der Waals surface area contributed by atoms with Crippen molar-refractivity contribution in [1.29, 1.82) is 0 Å². The van der Waals surface area contributed by atoms with Crippen LogP contribution in [0, 0.1) is 12.3 Å². The number of amides is 3. The minimum Gasteiger partial charge on any atom is -0.355 e. The minimum atomic E-state index is -0.501. The first-order valence-corrected chi connectivity index (χ1v) is 9.68. The molecule has 2 aromatic rings. The van der Waals surface area contributed by atoms with Gasteiger partial charge >= 0.3 is 0 Å². The van der Waals surface area contributed by atoms with Crippen molar-refractivity contribution in [1.82, 2.24) is 10.6 Å². The number of carbonyl (C=O) groups excluding carboxylic acids is 3. The molecule has 0 saturated heterocycles. The fourth-order valence-corrected chi connectivity index (χ4v) is 2.54. The van der Waals surface area contributed by atoms with E-state index in [1.807, 2.05) is 52.0 Å². The Hall–Kier alpha value is -3.15. The molecule has 0 unspecified atom stereocenters. The first-order valence-electron chi connectivity index (χ1n) is 9.68. The molecule has 0 aromatic heterocycles. The van der Waals surface area contributed by atoms with Gasteiger partial charge in [-0.3, -0.25) is 14.4 Å². The van der Waals surface area contributed by atoms with Crippen LogP contribution < -0.4 is 16.0 Å². The van der Waals surface area contributed by atoms with Gasteiger partial charge in [-0.1, -0.05) is 62.7 Å². The van der Waals surface area contributed by atoms with Crippen molar-refractivity contribution in [2.75, 3.05) is 11.9 Å². The first-order chi connectivity index (χ1) is 13.7. The maximum atomic E-state index is 12.6. The second-order valence-corrected chi connectivity index (χ2v) is 8.02. The maximum Gasteiger partial charge on any atom is 0.253 e. The minimum absolute atomic E-state index is 0.110. The standard InChI is InChI=1S/C23H29N3O3/c1-16-9-11-17(12-10-16)15-25-21(28)18-7-5-6-8-19(18)26-20(27)13-14-24-22(29)23(2,3)4/h5-12H,13-15H2,1-4H3,(H,24,29)(H,25,28)(H,26,27). The summed E-state index contributed by atoms with van der Waals surface area (Å²) in [6, 6.07) is 14.8. The van der Waals surface area contributed by atoms with E-state index >= 15 is 0 Å². The fraction of sp³-hybridized carbons (Fsp3) is 0.348. The summed E-state index contributed by atoms with van der Waals surface area (Å²) in [7, 11) is 0. The van der Waals surface area contributed by atoms with E-state index in [9.17, 15) is 14.4 Å². The van der Waals surface area contributed by atoms with E-state index in [2.05, 4.69) is 16.0 Å². The number of hydrogen-bond acceptors (Lipinski definition) is 3. The lowest BCUT2D eigenvalue weighted by Gasteiger charge is -2.17. The van der Waals surface area contributed by atoms with Crippen molar-refractivity contribution >= 4 is 23.4 Å². The Kier molecular flexibility index (Phi) is 7.53. The van der Waals surface area contributed by atoms with Crippen LogP contribution in [0.5, 0.6) is 0 Å². The summed E-state index contributed by atoms with van der Waals surface area (Å²) < 4.78 is 0. The van der Waals surface area contributed by atoms with E-state index in [0.29, 0.717) is 17.8 Å². The van der Waals surface area contributed by atoms with E-state index in [0.717, 1.165) is 11.1 Å². The molecule has 0 radical (unpaired) electrons. The molecule has 0 bridgehead atoms. The van der Waals surface area contributed by atoms with Gasteiger partial charge in [0.2, 0.25) is 11.8 Å². The largest absolute Gasteiger partial charge is 0.355 e. The molecule has 2 aromatic carbocycles. The van der Waals surface area contributed by atoms with Gasteiger partial charge in [-0.25, -0.2) is 0 Å². The number of benzene rings is 2. The van der Waals surface area contributed by atoms with Gasteiger partial charge in [-0.15, -0.1) is 0 Å². The number of carbonyl (C=O) groups is 3. The van der Waals surface area contributed by atoms with Gasteiger partial charge < -0.3 is 16.0 Å². The molecule has 0 heterocycles. The summed E-state index contributed by atoms with van der Waals surface area (Å²) in [5.74, 6) is -0.637. The van der Waals surface area contributed by atoms with E-state index < -0.39 is 5.41 Å². The highest BCUT2D eigenvalue weighted by Crippen LogP contribution is 2.16. The molecule has 6 heteroatoms. The number of nitrogens with one attached hydrogen (secondary N) is 3. The fourth-order valence-electron chi connectivity index (χ4n) is 2.54. The van der Waals surface area contributed by atoms with E-state index in [1.165, 1.54) is 0 Å². The van der Waals surface area contributed by atoms with Crippen molar-refractivity contribution in [2.24, 2.45) is 5.41 Å². The van der Waals surface area contributed by atoms with E-state index in [-0.39, 0.29) is 30.7 Å². The SMILES string of the molecule is Cc1ccc(CNC(=O)c2ccccc2NC(=O)CCNC(=O)C(C)(C)C)cc1. The molecule has 0 aliphatic rings. The lowest BCUT2D eigenvalue weighted by Crippen LogP contribution is -2.36. The average molecular weight is 396 g/mol. The lowest BCUT2D eigenvalue weighted by molar-refractivity contribution is -0.128. The second-order valence-electron chi connectivity index (χ2n) is 8.02. The lowest BCUT2D eigenvalue weighted by atomic mass is 9.96. The van der Waals surface area contributed by atoms with Crippen molar-refractivity contribution in [3.63, 3.8) is 0 Å². The van der Waals surface area contributed by atoms with Crippen LogP contribution in [0.15, 0.2) is 48.5 Å². The molecule has 0 saturated carbocycles. The molecule has 3 amide bonds. The number of hydrogen-bond donors (Lipinski definition) is 3. The Balaban J connectivity index is 1.91. The summed E-state index contributed by atoms with van der Waals surface area (Å²) in [6.45, 7) is 8.09. The summed E-state index contributed by atoms with van der Waals surface area (Å²) >= 11 is 0. The quantitative estimate of drug-likeness (QED) is 0.671. The highest BCUT2D eigenvalue weighted by molar-refractivity contribution is 6.03. The Morgan fingerprint density at radius 1 is 0.897 bits per heavy atom. The Morgan fingerprint density at radius 2 is 1.55 bits per heavy atom. The smallest absolute Gasteiger partial charge is 0.253 e. The van der Waals surface area contributed by atoms with Gasteiger partial charge in [0.25, 0.3) is 5.91 Å². The van der Waals surface area contributed by atoms with Crippen LogP contribution in [0.25, 0.3) is 0 Å². The first kappa shape index (κ1) is 22.1. The van der Waals surface area contributed by atoms with Crippen molar-refractivity contribution in [3.05, 3.63) is 65.2 Å². The van der Waals surface area contributed by atoms with Gasteiger partial charge in [-0.2, -0.15) is 0 Å². The zero-order valence-electron chi connectivity index (χ0n) is 17.5. The van der Waals surface area contributed by atoms with Crippen LogP contribution in [0.2, 0.25) is 0 Å². The molecule has 0 aliphatic carbocycles. The zero-order chi connectivity index (χ0) is 21.4. The third kappa shape index (κ3) is 7.07. The number of aryl methyl sites for hydroxylation is 1. The third-order valence-corrected chi connectivity index (χ3v) is 4.34. The van der Waals surface area contributed by atoms with Crippen LogP contribution >= 0.6 is 0 Å². The van der Waals surface area contributed by atoms with Crippen molar-refractivity contribution < 1.29 is 14.4 Å². The summed E-state index contributed by atoms with van der Waals surface area (Å²) in [4.78, 5) is 36.7. The van der Waals surface area contributed by atoms with Gasteiger partial charge in [0.05, 0.1) is 11.3 Å². The molecule has 154 valence electrons. The molecule has 0 spiro atoms. The van der Waals surface area contributed by atoms with Gasteiger partial charge in [-0.05, 0) is 24.6 Å². The molecular weight excluding hydrogens is 366 g/mol. The van der Waals surface area contributed by atoms with Gasteiger partial charge in [0, 0.05) is 24.9 Å². The molecule has 2 rings (SSSR count). The van der Waals surface area contributed by atoms with Crippen molar-refractivity contribution in [2.45, 2.75) is 40.7 Å². The van der Waals surface area contributed by atoms with Crippen LogP contribution in [0.1, 0.15) is 48.7 Å². The zero-order valence-corrected chi connectivity index (χ0v) is 17.5. The van der Waals surface area contributed by atoms with Crippen LogP contribution in [0.4, 0.5) is 5.69 Å². The predicted molar refractivity (Wildman–Crippen MR) is 115 cm³/mol. The molecule has 0 aliphatic heterocycles. The summed E-state index contributed by atoms with van der Waals surface area (Å²) in [5.41, 5.74) is 2.50. The maximum absolute atomic E-state index is 12.6. The van der Waals surface area contributed by atoms with Gasteiger partial charge in [0.1, 0.15) is 0 Å². The molecular formula is C23H29N3O3. The molecule has 29 heavy (non-hydrogen) atoms. The second kappa shape index (κ2) is 9.87. The number of anilines is 1. The average Bonchev–Trinajstić information content (AvgIpc) is 2.67. The van der Waals surface area contributed by atoms with Crippen LogP contribution in [-0.2, 0) is 16.1 Å². The van der Waals surface area contributed by atoms with Crippen LogP contribution in [0.3, 0.4) is 0 Å².